The van der Waals surface area contributed by atoms with E-state index in [-0.39, 0.29) is 5.69 Å². The summed E-state index contributed by atoms with van der Waals surface area (Å²) in [6.07, 6.45) is 0.724. The molecule has 1 rings (SSSR count). The van der Waals surface area contributed by atoms with Gasteiger partial charge < -0.3 is 16.2 Å². The summed E-state index contributed by atoms with van der Waals surface area (Å²) in [6.45, 7) is 0. The minimum atomic E-state index is -1.35. The van der Waals surface area contributed by atoms with Crippen molar-refractivity contribution in [3.05, 3.63) is 11.9 Å². The fourth-order valence-corrected chi connectivity index (χ4v) is 1.31. The maximum atomic E-state index is 11.4. The van der Waals surface area contributed by atoms with Gasteiger partial charge in [0.1, 0.15) is 6.04 Å². The van der Waals surface area contributed by atoms with Crippen molar-refractivity contribution >= 4 is 29.5 Å². The zero-order valence-corrected chi connectivity index (χ0v) is 8.73. The van der Waals surface area contributed by atoms with E-state index in [4.69, 9.17) is 10.8 Å². The van der Waals surface area contributed by atoms with E-state index < -0.39 is 30.2 Å². The van der Waals surface area contributed by atoms with Crippen LogP contribution < -0.4 is 11.1 Å². The molecule has 1 aromatic rings. The molecule has 0 saturated carbocycles. The summed E-state index contributed by atoms with van der Waals surface area (Å²) in [5.74, 6) is -2.86. The molecule has 86 valence electrons. The number of rotatable bonds is 5. The zero-order chi connectivity index (χ0) is 12.1. The molecule has 0 aliphatic heterocycles. The number of hydrogen-bond acceptors (Lipinski definition) is 6. The van der Waals surface area contributed by atoms with Crippen LogP contribution in [0.5, 0.6) is 0 Å². The molecule has 0 bridgehead atoms. The van der Waals surface area contributed by atoms with Crippen LogP contribution in [0.3, 0.4) is 0 Å². The van der Waals surface area contributed by atoms with Gasteiger partial charge in [0.25, 0.3) is 5.91 Å². The first-order valence-electron chi connectivity index (χ1n) is 4.10. The Morgan fingerprint density at radius 2 is 2.25 bits per heavy atom. The number of nitrogens with two attached hydrogens (primary N) is 1. The van der Waals surface area contributed by atoms with Crippen molar-refractivity contribution in [1.29, 1.82) is 0 Å². The molecule has 16 heavy (non-hydrogen) atoms. The fraction of sp³-hybridized carbons (Fsp3) is 0.286. The highest BCUT2D eigenvalue weighted by atomic mass is 32.1. The molecule has 0 saturated heterocycles. The largest absolute Gasteiger partial charge is 0.480 e. The summed E-state index contributed by atoms with van der Waals surface area (Å²) in [5.41, 5.74) is 4.85. The van der Waals surface area contributed by atoms with E-state index >= 15 is 0 Å². The standard InChI is InChI=1S/C7H8N4O4S/c8-5(12)1-3(7(14)15)10-6(13)4-2-9-16-11-4/h2-3H,1H2,(H2,8,12)(H,10,13)(H,14,15)/t3-/m1/s1. The second kappa shape index (κ2) is 5.16. The lowest BCUT2D eigenvalue weighted by Crippen LogP contribution is -2.43. The van der Waals surface area contributed by atoms with Gasteiger partial charge in [0.05, 0.1) is 24.3 Å². The first-order valence-corrected chi connectivity index (χ1v) is 4.83. The topological polar surface area (TPSA) is 135 Å². The molecule has 1 aromatic heterocycles. The predicted octanol–water partition coefficient (Wildman–Crippen LogP) is -1.40. The molecule has 0 aliphatic carbocycles. The normalized spacial score (nSPS) is 11.8. The molecule has 0 aliphatic rings. The predicted molar refractivity (Wildman–Crippen MR) is 52.6 cm³/mol. The summed E-state index contributed by atoms with van der Waals surface area (Å²) in [4.78, 5) is 32.6. The summed E-state index contributed by atoms with van der Waals surface area (Å²) in [5, 5.41) is 10.8. The van der Waals surface area contributed by atoms with Crippen LogP contribution in [-0.2, 0) is 9.59 Å². The lowest BCUT2D eigenvalue weighted by molar-refractivity contribution is -0.140. The summed E-state index contributed by atoms with van der Waals surface area (Å²) in [7, 11) is 0. The van der Waals surface area contributed by atoms with E-state index in [1.165, 1.54) is 6.20 Å². The molecule has 0 unspecified atom stereocenters. The number of carbonyl (C=O) groups is 3. The Balaban J connectivity index is 2.65. The Morgan fingerprint density at radius 1 is 1.56 bits per heavy atom. The molecular weight excluding hydrogens is 236 g/mol. The molecular formula is C7H8N4O4S. The Labute approximate surface area is 93.8 Å². The third kappa shape index (κ3) is 3.28. The van der Waals surface area contributed by atoms with Gasteiger partial charge in [-0.25, -0.2) is 4.79 Å². The fourth-order valence-electron chi connectivity index (χ4n) is 0.898. The Morgan fingerprint density at radius 3 is 2.69 bits per heavy atom. The smallest absolute Gasteiger partial charge is 0.326 e. The average Bonchev–Trinajstić information content (AvgIpc) is 2.68. The molecule has 1 heterocycles. The zero-order valence-electron chi connectivity index (χ0n) is 7.91. The minimum absolute atomic E-state index is 0.000667. The van der Waals surface area contributed by atoms with E-state index in [0.29, 0.717) is 0 Å². The van der Waals surface area contributed by atoms with Crippen LogP contribution >= 0.6 is 11.7 Å². The van der Waals surface area contributed by atoms with Crippen LogP contribution in [0.4, 0.5) is 0 Å². The SMILES string of the molecule is NC(=O)C[C@@H](NC(=O)c1cnsn1)C(=O)O. The molecule has 8 nitrogen and oxygen atoms in total. The maximum absolute atomic E-state index is 11.4. The minimum Gasteiger partial charge on any atom is -0.480 e. The maximum Gasteiger partial charge on any atom is 0.326 e. The van der Waals surface area contributed by atoms with E-state index in [1.807, 2.05) is 0 Å². The van der Waals surface area contributed by atoms with E-state index in [1.54, 1.807) is 0 Å². The van der Waals surface area contributed by atoms with E-state index in [2.05, 4.69) is 14.1 Å². The number of carbonyl (C=O) groups excluding carboxylic acids is 2. The van der Waals surface area contributed by atoms with Crippen LogP contribution in [0, 0.1) is 0 Å². The number of nitrogens with zero attached hydrogens (tertiary/aromatic N) is 2. The first-order chi connectivity index (χ1) is 7.50. The van der Waals surface area contributed by atoms with Gasteiger partial charge in [-0.2, -0.15) is 8.75 Å². The number of aromatic nitrogens is 2. The van der Waals surface area contributed by atoms with Crippen molar-refractivity contribution in [2.45, 2.75) is 12.5 Å². The average molecular weight is 244 g/mol. The third-order valence-corrected chi connectivity index (χ3v) is 2.08. The van der Waals surface area contributed by atoms with Crippen LogP contribution in [-0.4, -0.2) is 37.7 Å². The molecule has 0 spiro atoms. The van der Waals surface area contributed by atoms with Gasteiger partial charge in [-0.05, 0) is 0 Å². The van der Waals surface area contributed by atoms with Crippen LogP contribution in [0.1, 0.15) is 16.9 Å². The van der Waals surface area contributed by atoms with E-state index in [9.17, 15) is 14.4 Å². The van der Waals surface area contributed by atoms with Crippen molar-refractivity contribution in [2.75, 3.05) is 0 Å². The van der Waals surface area contributed by atoms with Gasteiger partial charge >= 0.3 is 5.97 Å². The van der Waals surface area contributed by atoms with Crippen molar-refractivity contribution in [1.82, 2.24) is 14.1 Å². The molecule has 4 N–H and O–H groups in total. The number of hydrogen-bond donors (Lipinski definition) is 3. The molecule has 0 fully saturated rings. The van der Waals surface area contributed by atoms with Gasteiger partial charge in [0.15, 0.2) is 5.69 Å². The third-order valence-electron chi connectivity index (χ3n) is 1.60. The number of carboxylic acids is 1. The molecule has 9 heteroatoms. The van der Waals surface area contributed by atoms with Gasteiger partial charge in [-0.15, -0.1) is 0 Å². The highest BCUT2D eigenvalue weighted by Crippen LogP contribution is 1.98. The molecule has 0 aromatic carbocycles. The Kier molecular flexibility index (Phi) is 3.89. The Hall–Kier alpha value is -2.03. The van der Waals surface area contributed by atoms with Crippen molar-refractivity contribution in [3.8, 4) is 0 Å². The van der Waals surface area contributed by atoms with Crippen molar-refractivity contribution < 1.29 is 19.5 Å². The first kappa shape index (κ1) is 12.0. The molecule has 1 atom stereocenters. The van der Waals surface area contributed by atoms with Gasteiger partial charge in [0, 0.05) is 0 Å². The van der Waals surface area contributed by atoms with E-state index in [0.717, 1.165) is 11.7 Å². The number of amides is 2. The summed E-state index contributed by atoms with van der Waals surface area (Å²) < 4.78 is 7.20. The number of aliphatic carboxylic acids is 1. The van der Waals surface area contributed by atoms with Crippen LogP contribution in [0.25, 0.3) is 0 Å². The van der Waals surface area contributed by atoms with Gasteiger partial charge in [-0.3, -0.25) is 9.59 Å². The Bertz CT molecular complexity index is 405. The van der Waals surface area contributed by atoms with Crippen molar-refractivity contribution in [3.63, 3.8) is 0 Å². The second-order valence-electron chi connectivity index (χ2n) is 2.83. The highest BCUT2D eigenvalue weighted by molar-refractivity contribution is 6.99. The number of carboxylic acid groups (broad SMARTS) is 1. The van der Waals surface area contributed by atoms with Crippen LogP contribution in [0.2, 0.25) is 0 Å². The second-order valence-corrected chi connectivity index (χ2v) is 3.38. The van der Waals surface area contributed by atoms with Gasteiger partial charge in [-0.1, -0.05) is 0 Å². The van der Waals surface area contributed by atoms with Gasteiger partial charge in [0.2, 0.25) is 5.91 Å². The summed E-state index contributed by atoms with van der Waals surface area (Å²) >= 11 is 0.817. The number of nitrogens with one attached hydrogen (secondary N) is 1. The van der Waals surface area contributed by atoms with Crippen LogP contribution in [0.15, 0.2) is 6.20 Å². The number of primary amides is 1. The lowest BCUT2D eigenvalue weighted by atomic mass is 10.2. The quantitative estimate of drug-likeness (QED) is 0.582. The summed E-state index contributed by atoms with van der Waals surface area (Å²) in [6, 6.07) is -1.35. The van der Waals surface area contributed by atoms with Crippen molar-refractivity contribution in [2.24, 2.45) is 5.73 Å². The lowest BCUT2D eigenvalue weighted by Gasteiger charge is -2.11. The molecule has 2 amide bonds. The monoisotopic (exact) mass is 244 g/mol. The highest BCUT2D eigenvalue weighted by Gasteiger charge is 2.23. The molecule has 0 radical (unpaired) electrons.